The van der Waals surface area contributed by atoms with Crippen molar-refractivity contribution in [1.29, 1.82) is 0 Å². The standard InChI is InChI=1S/C14H15N5O2S2/c20-23(21,18-11-4-2-1-3-5-11)12-9-19-14(16-12)22-13(17-19)15-8-10-6-7-10/h1-5,9-10,18H,6-8H2,(H,15,17). The number of anilines is 2. The van der Waals surface area contributed by atoms with Gasteiger partial charge in [-0.15, -0.1) is 5.10 Å². The van der Waals surface area contributed by atoms with Crippen LogP contribution in [-0.4, -0.2) is 29.6 Å². The van der Waals surface area contributed by atoms with E-state index < -0.39 is 10.0 Å². The number of benzene rings is 1. The van der Waals surface area contributed by atoms with E-state index in [1.807, 2.05) is 6.07 Å². The molecule has 4 rings (SSSR count). The molecule has 0 aliphatic heterocycles. The van der Waals surface area contributed by atoms with Gasteiger partial charge in [-0.05, 0) is 30.9 Å². The molecule has 0 saturated heterocycles. The predicted octanol–water partition coefficient (Wildman–Crippen LogP) is 2.41. The molecular weight excluding hydrogens is 334 g/mol. The highest BCUT2D eigenvalue weighted by Gasteiger charge is 2.23. The molecule has 2 heterocycles. The van der Waals surface area contributed by atoms with Crippen LogP contribution in [0.25, 0.3) is 4.96 Å². The number of nitrogens with zero attached hydrogens (tertiary/aromatic N) is 3. The van der Waals surface area contributed by atoms with Gasteiger partial charge in [0.2, 0.25) is 10.1 Å². The van der Waals surface area contributed by atoms with Crippen molar-refractivity contribution < 1.29 is 8.42 Å². The Morgan fingerprint density at radius 2 is 2.04 bits per heavy atom. The molecule has 1 aliphatic rings. The number of aromatic nitrogens is 3. The van der Waals surface area contributed by atoms with Crippen molar-refractivity contribution in [2.75, 3.05) is 16.6 Å². The zero-order valence-corrected chi connectivity index (χ0v) is 13.8. The van der Waals surface area contributed by atoms with Gasteiger partial charge in [-0.2, -0.15) is 8.42 Å². The smallest absolute Gasteiger partial charge is 0.281 e. The van der Waals surface area contributed by atoms with Crippen molar-refractivity contribution in [1.82, 2.24) is 14.6 Å². The van der Waals surface area contributed by atoms with Gasteiger partial charge in [0.15, 0.2) is 5.03 Å². The van der Waals surface area contributed by atoms with Gasteiger partial charge in [-0.25, -0.2) is 9.50 Å². The summed E-state index contributed by atoms with van der Waals surface area (Å²) in [6.07, 6.45) is 3.96. The Hall–Kier alpha value is -2.13. The Balaban J connectivity index is 1.54. The Bertz CT molecular complexity index is 897. The topological polar surface area (TPSA) is 88.4 Å². The maximum absolute atomic E-state index is 12.4. The number of rotatable bonds is 6. The molecule has 1 aromatic carbocycles. The van der Waals surface area contributed by atoms with Crippen LogP contribution in [0.1, 0.15) is 12.8 Å². The van der Waals surface area contributed by atoms with Gasteiger partial charge < -0.3 is 5.32 Å². The number of fused-ring (bicyclic) bond motifs is 1. The molecule has 1 aliphatic carbocycles. The second-order valence-corrected chi connectivity index (χ2v) is 8.09. The molecule has 23 heavy (non-hydrogen) atoms. The van der Waals surface area contributed by atoms with Gasteiger partial charge >= 0.3 is 0 Å². The fourth-order valence-electron chi connectivity index (χ4n) is 2.15. The summed E-state index contributed by atoms with van der Waals surface area (Å²) < 4.78 is 28.7. The zero-order valence-electron chi connectivity index (χ0n) is 12.1. The van der Waals surface area contributed by atoms with Crippen LogP contribution in [0.2, 0.25) is 0 Å². The minimum absolute atomic E-state index is 0.0335. The third-order valence-electron chi connectivity index (χ3n) is 3.56. The maximum atomic E-state index is 12.4. The first-order valence-electron chi connectivity index (χ1n) is 7.28. The van der Waals surface area contributed by atoms with Crippen molar-refractivity contribution in [3.05, 3.63) is 36.5 Å². The van der Waals surface area contributed by atoms with Crippen molar-refractivity contribution in [2.45, 2.75) is 17.9 Å². The van der Waals surface area contributed by atoms with Gasteiger partial charge in [-0.3, -0.25) is 4.72 Å². The number of para-hydroxylation sites is 1. The van der Waals surface area contributed by atoms with Crippen molar-refractivity contribution in [3.63, 3.8) is 0 Å². The largest absolute Gasteiger partial charge is 0.360 e. The van der Waals surface area contributed by atoms with Crippen molar-refractivity contribution in [2.24, 2.45) is 5.92 Å². The molecule has 9 heteroatoms. The molecule has 0 spiro atoms. The molecule has 0 radical (unpaired) electrons. The first-order valence-corrected chi connectivity index (χ1v) is 9.58. The van der Waals surface area contributed by atoms with Crippen LogP contribution in [-0.2, 0) is 10.0 Å². The van der Waals surface area contributed by atoms with Crippen LogP contribution in [0.5, 0.6) is 0 Å². The van der Waals surface area contributed by atoms with Crippen LogP contribution < -0.4 is 10.0 Å². The highest BCUT2D eigenvalue weighted by Crippen LogP contribution is 2.30. The highest BCUT2D eigenvalue weighted by atomic mass is 32.2. The summed E-state index contributed by atoms with van der Waals surface area (Å²) in [5, 5.41) is 8.31. The zero-order chi connectivity index (χ0) is 15.9. The van der Waals surface area contributed by atoms with E-state index in [0.717, 1.165) is 17.6 Å². The summed E-state index contributed by atoms with van der Waals surface area (Å²) in [4.78, 5) is 4.72. The Morgan fingerprint density at radius 3 is 2.74 bits per heavy atom. The molecule has 7 nitrogen and oxygen atoms in total. The van der Waals surface area contributed by atoms with Gasteiger partial charge in [0.05, 0.1) is 6.20 Å². The van der Waals surface area contributed by atoms with Crippen LogP contribution in [0.15, 0.2) is 41.6 Å². The summed E-state index contributed by atoms with van der Waals surface area (Å²) in [6.45, 7) is 0.914. The second-order valence-electron chi connectivity index (χ2n) is 5.51. The molecule has 0 amide bonds. The van der Waals surface area contributed by atoms with Crippen LogP contribution in [0.3, 0.4) is 0 Å². The molecule has 2 aromatic heterocycles. The molecular formula is C14H15N5O2S2. The minimum Gasteiger partial charge on any atom is -0.360 e. The number of hydrogen-bond acceptors (Lipinski definition) is 6. The molecule has 2 N–H and O–H groups in total. The minimum atomic E-state index is -3.71. The van der Waals surface area contributed by atoms with Crippen LogP contribution >= 0.6 is 11.3 Å². The highest BCUT2D eigenvalue weighted by molar-refractivity contribution is 7.92. The van der Waals surface area contributed by atoms with E-state index in [4.69, 9.17) is 0 Å². The number of nitrogens with one attached hydrogen (secondary N) is 2. The SMILES string of the molecule is O=S(=O)(Nc1ccccc1)c1cn2nc(NCC3CC3)sc2n1. The Labute approximate surface area is 137 Å². The quantitative estimate of drug-likeness (QED) is 0.713. The lowest BCUT2D eigenvalue weighted by Gasteiger charge is -2.04. The Kier molecular flexibility index (Phi) is 3.46. The maximum Gasteiger partial charge on any atom is 0.281 e. The first kappa shape index (κ1) is 14.5. The van der Waals surface area contributed by atoms with E-state index in [0.29, 0.717) is 10.6 Å². The van der Waals surface area contributed by atoms with E-state index >= 15 is 0 Å². The fourth-order valence-corrected chi connectivity index (χ4v) is 3.99. The van der Waals surface area contributed by atoms with E-state index in [9.17, 15) is 8.42 Å². The lowest BCUT2D eigenvalue weighted by molar-refractivity contribution is 0.598. The van der Waals surface area contributed by atoms with Crippen molar-refractivity contribution in [3.8, 4) is 0 Å². The predicted molar refractivity (Wildman–Crippen MR) is 89.3 cm³/mol. The second kappa shape index (κ2) is 5.50. The van der Waals surface area contributed by atoms with Crippen LogP contribution in [0.4, 0.5) is 10.8 Å². The molecule has 0 atom stereocenters. The van der Waals surface area contributed by atoms with Crippen LogP contribution in [0, 0.1) is 5.92 Å². The number of sulfonamides is 1. The van der Waals surface area contributed by atoms with Gasteiger partial charge in [-0.1, -0.05) is 29.5 Å². The monoisotopic (exact) mass is 349 g/mol. The summed E-state index contributed by atoms with van der Waals surface area (Å²) in [5.74, 6) is 0.747. The van der Waals surface area contributed by atoms with E-state index in [-0.39, 0.29) is 5.03 Å². The third-order valence-corrected chi connectivity index (χ3v) is 5.69. The molecule has 120 valence electrons. The fraction of sp³-hybridized carbons (Fsp3) is 0.286. The van der Waals surface area contributed by atoms with Crippen molar-refractivity contribution >= 4 is 37.1 Å². The normalized spacial score (nSPS) is 15.0. The third kappa shape index (κ3) is 3.15. The lowest BCUT2D eigenvalue weighted by Crippen LogP contribution is -2.13. The Morgan fingerprint density at radius 1 is 1.26 bits per heavy atom. The molecule has 3 aromatic rings. The van der Waals surface area contributed by atoms with E-state index in [1.165, 1.54) is 34.9 Å². The lowest BCUT2D eigenvalue weighted by atomic mass is 10.3. The van der Waals surface area contributed by atoms with Gasteiger partial charge in [0, 0.05) is 12.2 Å². The average Bonchev–Trinajstić information content (AvgIpc) is 3.13. The van der Waals surface area contributed by atoms with Gasteiger partial charge in [0.25, 0.3) is 10.0 Å². The summed E-state index contributed by atoms with van der Waals surface area (Å²) in [7, 11) is -3.71. The first-order chi connectivity index (χ1) is 11.1. The molecule has 0 bridgehead atoms. The summed E-state index contributed by atoms with van der Waals surface area (Å²) in [5.41, 5.74) is 0.503. The number of imidazole rings is 1. The molecule has 1 saturated carbocycles. The van der Waals surface area contributed by atoms with Gasteiger partial charge in [0.1, 0.15) is 0 Å². The molecule has 1 fully saturated rings. The van der Waals surface area contributed by atoms with E-state index in [2.05, 4.69) is 20.1 Å². The number of hydrogen-bond donors (Lipinski definition) is 2. The average molecular weight is 349 g/mol. The summed E-state index contributed by atoms with van der Waals surface area (Å²) in [6, 6.07) is 8.73. The summed E-state index contributed by atoms with van der Waals surface area (Å²) >= 11 is 1.35. The molecule has 0 unspecified atom stereocenters. The van der Waals surface area contributed by atoms with E-state index in [1.54, 1.807) is 24.3 Å².